The van der Waals surface area contributed by atoms with Gasteiger partial charge in [0.2, 0.25) is 0 Å². The van der Waals surface area contributed by atoms with Gasteiger partial charge in [0.1, 0.15) is 11.3 Å². The molecule has 3 atom stereocenters. The summed E-state index contributed by atoms with van der Waals surface area (Å²) < 4.78 is 23.1. The SMILES string of the molecule is C[C@@H](COc1ccnc2c1[C@H](C)CCC2)C[C@H]1Cc2cc(O)c(OP(=O)(O)O)cc2C12CCC(Nc1cccc(Cl)c1)(C(=O)O)CC2. The van der Waals surface area contributed by atoms with E-state index in [0.717, 1.165) is 48.3 Å². The van der Waals surface area contributed by atoms with E-state index in [1.165, 1.54) is 11.6 Å². The number of aromatic hydroxyl groups is 1. The summed E-state index contributed by atoms with van der Waals surface area (Å²) in [7, 11) is -4.94. The first-order chi connectivity index (χ1) is 22.3. The molecule has 6 rings (SSSR count). The molecule has 0 amide bonds. The minimum absolute atomic E-state index is 0.0732. The van der Waals surface area contributed by atoms with Crippen LogP contribution in [0.5, 0.6) is 17.2 Å². The molecule has 12 heteroatoms. The molecule has 1 aromatic heterocycles. The molecule has 5 N–H and O–H groups in total. The second-order valence-electron chi connectivity index (χ2n) is 13.8. The van der Waals surface area contributed by atoms with Crippen molar-refractivity contribution in [1.29, 1.82) is 0 Å². The zero-order chi connectivity index (χ0) is 33.6. The van der Waals surface area contributed by atoms with Crippen LogP contribution in [-0.2, 0) is 27.6 Å². The Hall–Kier alpha value is -3.30. The number of carbonyl (C=O) groups is 1. The maximum Gasteiger partial charge on any atom is 0.524 e. The van der Waals surface area contributed by atoms with E-state index in [4.69, 9.17) is 20.9 Å². The van der Waals surface area contributed by atoms with Gasteiger partial charge in [-0.2, -0.15) is 0 Å². The first-order valence-corrected chi connectivity index (χ1v) is 18.2. The fraction of sp³-hybridized carbons (Fsp3) is 0.486. The maximum atomic E-state index is 12.8. The van der Waals surface area contributed by atoms with E-state index in [1.807, 2.05) is 12.3 Å². The molecule has 2 aromatic carbocycles. The summed E-state index contributed by atoms with van der Waals surface area (Å²) in [6.07, 6.45) is 8.05. The standard InChI is InChI=1S/C35H42ClN2O8P/c1-21(20-45-30-9-14-37-28-8-3-5-22(2)32(28)30)15-24-16-23-17-29(39)31(46-47(42,43)44)19-27(23)34(24)10-12-35(13-11-34,33(40)41)38-26-7-4-6-25(36)18-26/h4,6-7,9,14,17-19,21-22,24,38-39H,3,5,8,10-13,15-16,20H2,1-2H3,(H,40,41)(H2,42,43,44)/t21-,22-,24+,34?,35?/m1/s1. The largest absolute Gasteiger partial charge is 0.524 e. The van der Waals surface area contributed by atoms with Gasteiger partial charge in [-0.3, -0.25) is 14.8 Å². The molecule has 0 bridgehead atoms. The quantitative estimate of drug-likeness (QED) is 0.136. The number of pyridine rings is 1. The molecule has 1 spiro atoms. The van der Waals surface area contributed by atoms with E-state index in [1.54, 1.807) is 30.3 Å². The molecular weight excluding hydrogens is 643 g/mol. The Kier molecular flexibility index (Phi) is 9.26. The van der Waals surface area contributed by atoms with E-state index in [0.29, 0.717) is 55.3 Å². The minimum atomic E-state index is -4.94. The number of benzene rings is 2. The Bertz CT molecular complexity index is 1700. The number of carboxylic acid groups (broad SMARTS) is 1. The average molecular weight is 685 g/mol. The van der Waals surface area contributed by atoms with Gasteiger partial charge < -0.3 is 24.8 Å². The van der Waals surface area contributed by atoms with Gasteiger partial charge in [0.15, 0.2) is 11.5 Å². The predicted octanol–water partition coefficient (Wildman–Crippen LogP) is 7.38. The molecule has 0 saturated heterocycles. The summed E-state index contributed by atoms with van der Waals surface area (Å²) in [6, 6.07) is 12.1. The Morgan fingerprint density at radius 2 is 1.91 bits per heavy atom. The van der Waals surface area contributed by atoms with Crippen LogP contribution in [0.15, 0.2) is 48.7 Å². The van der Waals surface area contributed by atoms with Gasteiger partial charge in [-0.25, -0.2) is 9.36 Å². The van der Waals surface area contributed by atoms with Crippen molar-refractivity contribution in [3.05, 3.63) is 76.1 Å². The first kappa shape index (κ1) is 33.6. The van der Waals surface area contributed by atoms with Crippen LogP contribution in [0.25, 0.3) is 0 Å². The van der Waals surface area contributed by atoms with Crippen LogP contribution >= 0.6 is 19.4 Å². The fourth-order valence-corrected chi connectivity index (χ4v) is 8.92. The van der Waals surface area contributed by atoms with Gasteiger partial charge >= 0.3 is 13.8 Å². The number of phosphoric ester groups is 1. The molecule has 3 aliphatic carbocycles. The summed E-state index contributed by atoms with van der Waals surface area (Å²) >= 11 is 6.20. The number of phosphoric acid groups is 1. The molecule has 10 nitrogen and oxygen atoms in total. The van der Waals surface area contributed by atoms with Gasteiger partial charge in [-0.1, -0.05) is 31.5 Å². The van der Waals surface area contributed by atoms with Crippen molar-refractivity contribution in [1.82, 2.24) is 4.98 Å². The normalized spacial score (nSPS) is 25.9. The van der Waals surface area contributed by atoms with Crippen molar-refractivity contribution in [2.24, 2.45) is 11.8 Å². The van der Waals surface area contributed by atoms with E-state index >= 15 is 0 Å². The number of halogens is 1. The highest BCUT2D eigenvalue weighted by molar-refractivity contribution is 7.46. The van der Waals surface area contributed by atoms with Crippen LogP contribution in [0, 0.1) is 11.8 Å². The number of carboxylic acids is 1. The van der Waals surface area contributed by atoms with E-state index in [2.05, 4.69) is 24.1 Å². The molecule has 3 aliphatic rings. The molecule has 1 fully saturated rings. The highest BCUT2D eigenvalue weighted by Crippen LogP contribution is 2.58. The van der Waals surface area contributed by atoms with Crippen molar-refractivity contribution in [3.63, 3.8) is 0 Å². The van der Waals surface area contributed by atoms with E-state index in [9.17, 15) is 29.4 Å². The number of hydrogen-bond acceptors (Lipinski definition) is 7. The first-order valence-electron chi connectivity index (χ1n) is 16.3. The van der Waals surface area contributed by atoms with Gasteiger partial charge in [0.05, 0.1) is 6.61 Å². The molecule has 0 aliphatic heterocycles. The second kappa shape index (κ2) is 13.0. The van der Waals surface area contributed by atoms with Gasteiger partial charge in [-0.15, -0.1) is 0 Å². The van der Waals surface area contributed by atoms with Crippen molar-refractivity contribution < 1.29 is 38.6 Å². The number of anilines is 1. The zero-order valence-corrected chi connectivity index (χ0v) is 28.3. The molecule has 1 saturated carbocycles. The average Bonchev–Trinajstić information content (AvgIpc) is 3.27. The third-order valence-electron chi connectivity index (χ3n) is 10.6. The Morgan fingerprint density at radius 1 is 1.15 bits per heavy atom. The van der Waals surface area contributed by atoms with Crippen LogP contribution in [0.1, 0.15) is 87.1 Å². The lowest BCUT2D eigenvalue weighted by Gasteiger charge is -2.47. The Balaban J connectivity index is 1.27. The Labute approximate surface area is 279 Å². The summed E-state index contributed by atoms with van der Waals surface area (Å²) in [4.78, 5) is 36.5. The molecule has 3 aromatic rings. The monoisotopic (exact) mass is 684 g/mol. The molecule has 0 unspecified atom stereocenters. The zero-order valence-electron chi connectivity index (χ0n) is 26.6. The number of aryl methyl sites for hydroxylation is 1. The topological polar surface area (TPSA) is 158 Å². The number of fused-ring (bicyclic) bond motifs is 3. The van der Waals surface area contributed by atoms with Crippen LogP contribution in [-0.4, -0.2) is 43.1 Å². The lowest BCUT2D eigenvalue weighted by molar-refractivity contribution is -0.144. The fourth-order valence-electron chi connectivity index (χ4n) is 8.32. The van der Waals surface area contributed by atoms with Crippen LogP contribution in [0.2, 0.25) is 5.02 Å². The maximum absolute atomic E-state index is 12.8. The van der Waals surface area contributed by atoms with Crippen LogP contribution < -0.4 is 14.6 Å². The number of aliphatic carboxylic acids is 1. The van der Waals surface area contributed by atoms with Crippen molar-refractivity contribution in [2.75, 3.05) is 11.9 Å². The van der Waals surface area contributed by atoms with E-state index < -0.39 is 24.7 Å². The lowest BCUT2D eigenvalue weighted by Crippen LogP contribution is -2.53. The summed E-state index contributed by atoms with van der Waals surface area (Å²) in [6.45, 7) is 4.87. The number of hydrogen-bond donors (Lipinski definition) is 5. The highest BCUT2D eigenvalue weighted by atomic mass is 35.5. The lowest BCUT2D eigenvalue weighted by atomic mass is 9.59. The number of phenolic OH excluding ortho intramolecular Hbond substituents is 1. The molecule has 1 heterocycles. The van der Waals surface area contributed by atoms with Gasteiger partial charge in [0.25, 0.3) is 0 Å². The Morgan fingerprint density at radius 3 is 2.62 bits per heavy atom. The van der Waals surface area contributed by atoms with Crippen molar-refractivity contribution in [3.8, 4) is 17.2 Å². The van der Waals surface area contributed by atoms with Gasteiger partial charge in [0, 0.05) is 28.2 Å². The predicted molar refractivity (Wildman–Crippen MR) is 178 cm³/mol. The van der Waals surface area contributed by atoms with Crippen molar-refractivity contribution in [2.45, 2.75) is 88.5 Å². The summed E-state index contributed by atoms with van der Waals surface area (Å²) in [5.41, 5.74) is 2.94. The van der Waals surface area contributed by atoms with E-state index in [-0.39, 0.29) is 23.3 Å². The van der Waals surface area contributed by atoms with Crippen LogP contribution in [0.3, 0.4) is 0 Å². The van der Waals surface area contributed by atoms with Crippen LogP contribution in [0.4, 0.5) is 5.69 Å². The summed E-state index contributed by atoms with van der Waals surface area (Å²) in [5.74, 6) is -0.0760. The highest BCUT2D eigenvalue weighted by Gasteiger charge is 2.54. The number of ether oxygens (including phenoxy) is 1. The molecular formula is C35H42ClN2O8P. The van der Waals surface area contributed by atoms with Crippen molar-refractivity contribution >= 4 is 31.1 Å². The molecule has 47 heavy (non-hydrogen) atoms. The number of nitrogens with one attached hydrogen (secondary N) is 1. The second-order valence-corrected chi connectivity index (χ2v) is 15.4. The van der Waals surface area contributed by atoms with Gasteiger partial charge in [-0.05, 0) is 128 Å². The number of phenols is 1. The minimum Gasteiger partial charge on any atom is -0.504 e. The number of rotatable bonds is 10. The molecule has 252 valence electrons. The third-order valence-corrected chi connectivity index (χ3v) is 11.3. The third kappa shape index (κ3) is 6.84. The number of aromatic nitrogens is 1. The smallest absolute Gasteiger partial charge is 0.504 e. The summed E-state index contributed by atoms with van der Waals surface area (Å²) in [5, 5.41) is 24.9. The number of nitrogens with zero attached hydrogens (tertiary/aromatic N) is 1. The molecule has 0 radical (unpaired) electrons.